The van der Waals surface area contributed by atoms with E-state index >= 15 is 0 Å². The normalized spacial score (nSPS) is 14.1. The van der Waals surface area contributed by atoms with Crippen molar-refractivity contribution in [3.63, 3.8) is 0 Å². The lowest BCUT2D eigenvalue weighted by atomic mass is 10.1. The molecule has 0 radical (unpaired) electrons. The predicted octanol–water partition coefficient (Wildman–Crippen LogP) is 7.93. The molecule has 0 nitrogen and oxygen atoms in total. The van der Waals surface area contributed by atoms with E-state index in [1.807, 2.05) is 0 Å². The maximum atomic E-state index is 2.42. The Labute approximate surface area is 202 Å². The molecule has 2 rings (SSSR count). The standard InChI is InChI=1S/C30H48Si2/c1-27(2,3)31(28(4,5)6)25-19-15-23(16-20-25)13-14-24-17-21-26(22-18-24)32(29(7,8)9)30(10,11)12/h13-22,31-32H,1-12H3. The van der Waals surface area contributed by atoms with Gasteiger partial charge in [0.1, 0.15) is 0 Å². The van der Waals surface area contributed by atoms with Gasteiger partial charge in [-0.1, -0.05) is 154 Å². The highest BCUT2D eigenvalue weighted by Gasteiger charge is 2.38. The van der Waals surface area contributed by atoms with Gasteiger partial charge in [0.05, 0.1) is 17.6 Å². The molecule has 2 aromatic rings. The summed E-state index contributed by atoms with van der Waals surface area (Å²) in [7, 11) is -2.27. The lowest BCUT2D eigenvalue weighted by molar-refractivity contribution is 0.653. The molecule has 0 fully saturated rings. The largest absolute Gasteiger partial charge is 0.0814 e. The van der Waals surface area contributed by atoms with Crippen molar-refractivity contribution < 1.29 is 0 Å². The Balaban J connectivity index is 2.22. The fourth-order valence-corrected chi connectivity index (χ4v) is 16.7. The number of rotatable bonds is 4. The minimum absolute atomic E-state index is 0.374. The number of hydrogen-bond donors (Lipinski definition) is 0. The van der Waals surface area contributed by atoms with Gasteiger partial charge in [-0.25, -0.2) is 0 Å². The fraction of sp³-hybridized carbons (Fsp3) is 0.533. The van der Waals surface area contributed by atoms with E-state index in [0.717, 1.165) is 0 Å². The van der Waals surface area contributed by atoms with Crippen LogP contribution in [0.3, 0.4) is 0 Å². The molecule has 0 aliphatic carbocycles. The zero-order valence-corrected chi connectivity index (χ0v) is 25.2. The van der Waals surface area contributed by atoms with Crippen LogP contribution in [0.1, 0.15) is 94.2 Å². The number of benzene rings is 2. The summed E-state index contributed by atoms with van der Waals surface area (Å²) in [6, 6.07) is 18.8. The molecule has 0 N–H and O–H groups in total. The highest BCUT2D eigenvalue weighted by Crippen LogP contribution is 2.42. The minimum Gasteiger partial charge on any atom is -0.0627 e. The average molecular weight is 465 g/mol. The Hall–Kier alpha value is -1.39. The van der Waals surface area contributed by atoms with Crippen LogP contribution in [0.25, 0.3) is 12.2 Å². The quantitative estimate of drug-likeness (QED) is 0.318. The van der Waals surface area contributed by atoms with Gasteiger partial charge in [-0.15, -0.1) is 0 Å². The Kier molecular flexibility index (Phi) is 7.95. The third-order valence-electron chi connectivity index (χ3n) is 6.47. The maximum Gasteiger partial charge on any atom is 0.0814 e. The van der Waals surface area contributed by atoms with Gasteiger partial charge in [0, 0.05) is 0 Å². The molecule has 2 aromatic carbocycles. The van der Waals surface area contributed by atoms with Crippen molar-refractivity contribution in [1.29, 1.82) is 0 Å². The summed E-state index contributed by atoms with van der Waals surface area (Å²) in [5.74, 6) is 0. The van der Waals surface area contributed by atoms with Crippen molar-refractivity contribution >= 4 is 40.1 Å². The van der Waals surface area contributed by atoms with Crippen molar-refractivity contribution in [2.45, 2.75) is 103 Å². The van der Waals surface area contributed by atoms with Crippen LogP contribution < -0.4 is 10.4 Å². The SMILES string of the molecule is CC(C)(C)[SiH](c1ccc(C=Cc2ccc([SiH](C(C)(C)C)C(C)(C)C)cc2)cc1)C(C)(C)C. The Morgan fingerprint density at radius 1 is 0.406 bits per heavy atom. The topological polar surface area (TPSA) is 0 Å². The van der Waals surface area contributed by atoms with Crippen LogP contribution >= 0.6 is 0 Å². The minimum atomic E-state index is -1.13. The van der Waals surface area contributed by atoms with E-state index in [0.29, 0.717) is 20.2 Å². The van der Waals surface area contributed by atoms with Gasteiger partial charge in [-0.2, -0.15) is 0 Å². The molecule has 0 heterocycles. The predicted molar refractivity (Wildman–Crippen MR) is 154 cm³/mol. The first-order chi connectivity index (χ1) is 14.4. The van der Waals surface area contributed by atoms with Crippen molar-refractivity contribution in [1.82, 2.24) is 0 Å². The fourth-order valence-electron chi connectivity index (χ4n) is 6.39. The van der Waals surface area contributed by atoms with Crippen molar-refractivity contribution in [3.05, 3.63) is 59.7 Å². The first kappa shape index (κ1) is 26.9. The Morgan fingerprint density at radius 3 is 0.812 bits per heavy atom. The van der Waals surface area contributed by atoms with Gasteiger partial charge in [0.2, 0.25) is 0 Å². The third kappa shape index (κ3) is 7.05. The van der Waals surface area contributed by atoms with Gasteiger partial charge in [0.15, 0.2) is 0 Å². The molecule has 0 unspecified atom stereocenters. The van der Waals surface area contributed by atoms with Crippen LogP contribution in [0, 0.1) is 0 Å². The molecule has 0 atom stereocenters. The second kappa shape index (κ2) is 9.46. The smallest absolute Gasteiger partial charge is 0.0627 e. The highest BCUT2D eigenvalue weighted by atomic mass is 28.3. The summed E-state index contributed by atoms with van der Waals surface area (Å²) in [6.07, 6.45) is 4.51. The van der Waals surface area contributed by atoms with Crippen LogP contribution in [0.15, 0.2) is 48.5 Å². The molecule has 0 saturated heterocycles. The monoisotopic (exact) mass is 464 g/mol. The van der Waals surface area contributed by atoms with Gasteiger partial charge in [-0.3, -0.25) is 0 Å². The maximum absolute atomic E-state index is 2.42. The van der Waals surface area contributed by atoms with E-state index in [-0.39, 0.29) is 0 Å². The van der Waals surface area contributed by atoms with Gasteiger partial charge < -0.3 is 0 Å². The molecule has 0 aliphatic heterocycles. The zero-order valence-electron chi connectivity index (χ0n) is 22.9. The summed E-state index contributed by atoms with van der Waals surface area (Å²) in [6.45, 7) is 29.0. The molecule has 32 heavy (non-hydrogen) atoms. The van der Waals surface area contributed by atoms with Crippen LogP contribution in [0.5, 0.6) is 0 Å². The number of hydrogen-bond acceptors (Lipinski definition) is 0. The van der Waals surface area contributed by atoms with Crippen LogP contribution in [-0.4, -0.2) is 17.6 Å². The molecule has 0 amide bonds. The summed E-state index contributed by atoms with van der Waals surface area (Å²) >= 11 is 0. The first-order valence-electron chi connectivity index (χ1n) is 12.3. The zero-order chi connectivity index (χ0) is 24.5. The molecule has 176 valence electrons. The van der Waals surface area contributed by atoms with E-state index in [2.05, 4.69) is 144 Å². The van der Waals surface area contributed by atoms with E-state index in [1.165, 1.54) is 11.1 Å². The van der Waals surface area contributed by atoms with E-state index < -0.39 is 17.6 Å². The van der Waals surface area contributed by atoms with Crippen molar-refractivity contribution in [2.24, 2.45) is 0 Å². The second-order valence-electron chi connectivity index (χ2n) is 14.0. The molecule has 0 spiro atoms. The lowest BCUT2D eigenvalue weighted by Gasteiger charge is -2.40. The molecule has 0 saturated carbocycles. The molecule has 2 heteroatoms. The van der Waals surface area contributed by atoms with E-state index in [9.17, 15) is 0 Å². The van der Waals surface area contributed by atoms with Crippen molar-refractivity contribution in [3.8, 4) is 0 Å². The van der Waals surface area contributed by atoms with E-state index in [4.69, 9.17) is 0 Å². The Morgan fingerprint density at radius 2 is 0.625 bits per heavy atom. The van der Waals surface area contributed by atoms with Gasteiger partial charge >= 0.3 is 0 Å². The molecule has 0 aliphatic rings. The molecular weight excluding hydrogens is 417 g/mol. The van der Waals surface area contributed by atoms with Gasteiger partial charge in [-0.05, 0) is 31.3 Å². The Bertz CT molecular complexity index is 785. The van der Waals surface area contributed by atoms with Crippen LogP contribution in [-0.2, 0) is 0 Å². The van der Waals surface area contributed by atoms with Gasteiger partial charge in [0.25, 0.3) is 0 Å². The van der Waals surface area contributed by atoms with Crippen LogP contribution in [0.2, 0.25) is 20.2 Å². The van der Waals surface area contributed by atoms with Crippen molar-refractivity contribution in [2.75, 3.05) is 0 Å². The first-order valence-corrected chi connectivity index (χ1v) is 15.7. The summed E-state index contributed by atoms with van der Waals surface area (Å²) in [4.78, 5) is 0. The summed E-state index contributed by atoms with van der Waals surface area (Å²) in [5, 5.41) is 4.65. The highest BCUT2D eigenvalue weighted by molar-refractivity contribution is 6.78. The molecular formula is C30H48Si2. The molecule has 0 aromatic heterocycles. The average Bonchev–Trinajstić information content (AvgIpc) is 2.57. The van der Waals surface area contributed by atoms with E-state index in [1.54, 1.807) is 10.4 Å². The summed E-state index contributed by atoms with van der Waals surface area (Å²) in [5.41, 5.74) is 2.56. The van der Waals surface area contributed by atoms with Crippen LogP contribution in [0.4, 0.5) is 0 Å². The molecule has 0 bridgehead atoms. The lowest BCUT2D eigenvalue weighted by Crippen LogP contribution is -2.45. The second-order valence-corrected chi connectivity index (χ2v) is 24.0. The summed E-state index contributed by atoms with van der Waals surface area (Å²) < 4.78 is 0. The third-order valence-corrected chi connectivity index (χ3v) is 15.5.